The summed E-state index contributed by atoms with van der Waals surface area (Å²) >= 11 is 3.50. The first-order valence-electron chi connectivity index (χ1n) is 6.76. The van der Waals surface area contributed by atoms with Gasteiger partial charge in [0, 0.05) is 37.0 Å². The summed E-state index contributed by atoms with van der Waals surface area (Å²) in [4.78, 5) is 6.73. The molecule has 1 aromatic rings. The molecule has 0 aliphatic carbocycles. The first-order valence-corrected chi connectivity index (χ1v) is 7.55. The van der Waals surface area contributed by atoms with Gasteiger partial charge in [-0.15, -0.1) is 0 Å². The fraction of sp³-hybridized carbons (Fsp3) is 0.643. The summed E-state index contributed by atoms with van der Waals surface area (Å²) in [6.45, 7) is 4.27. The summed E-state index contributed by atoms with van der Waals surface area (Å²) in [6.07, 6.45) is 7.62. The number of nitrogens with zero attached hydrogens (tertiary/aromatic N) is 2. The molecule has 0 bridgehead atoms. The molecule has 0 saturated carbocycles. The van der Waals surface area contributed by atoms with Crippen molar-refractivity contribution in [3.8, 4) is 0 Å². The highest BCUT2D eigenvalue weighted by molar-refractivity contribution is 9.10. The summed E-state index contributed by atoms with van der Waals surface area (Å²) < 4.78 is 6.52. The molecule has 2 aliphatic rings. The average molecular weight is 311 g/mol. The maximum absolute atomic E-state index is 5.46. The molecule has 0 amide bonds. The van der Waals surface area contributed by atoms with Crippen LogP contribution in [0.5, 0.6) is 0 Å². The van der Waals surface area contributed by atoms with Gasteiger partial charge in [-0.25, -0.2) is 0 Å². The number of halogens is 1. The van der Waals surface area contributed by atoms with Crippen molar-refractivity contribution in [1.29, 1.82) is 0 Å². The highest BCUT2D eigenvalue weighted by atomic mass is 79.9. The smallest absolute Gasteiger partial charge is 0.0564 e. The van der Waals surface area contributed by atoms with Crippen LogP contribution in [0.15, 0.2) is 22.9 Å². The lowest BCUT2D eigenvalue weighted by Gasteiger charge is -2.27. The van der Waals surface area contributed by atoms with Crippen molar-refractivity contribution >= 4 is 21.6 Å². The number of ether oxygens (including phenoxy) is 1. The predicted molar refractivity (Wildman–Crippen MR) is 75.8 cm³/mol. The van der Waals surface area contributed by atoms with E-state index in [1.54, 1.807) is 0 Å². The molecule has 3 nitrogen and oxygen atoms in total. The van der Waals surface area contributed by atoms with Crippen LogP contribution in [0.4, 0.5) is 5.69 Å². The molecule has 2 saturated heterocycles. The highest BCUT2D eigenvalue weighted by Crippen LogP contribution is 2.33. The van der Waals surface area contributed by atoms with E-state index in [0.29, 0.717) is 0 Å². The third-order valence-electron chi connectivity index (χ3n) is 4.21. The van der Waals surface area contributed by atoms with Crippen LogP contribution >= 0.6 is 15.9 Å². The van der Waals surface area contributed by atoms with Crippen LogP contribution < -0.4 is 4.90 Å². The summed E-state index contributed by atoms with van der Waals surface area (Å²) in [5, 5.41) is 0. The molecule has 2 aliphatic heterocycles. The summed E-state index contributed by atoms with van der Waals surface area (Å²) in [6, 6.07) is 2.17. The molecule has 3 heterocycles. The van der Waals surface area contributed by atoms with E-state index in [2.05, 4.69) is 31.9 Å². The summed E-state index contributed by atoms with van der Waals surface area (Å²) in [7, 11) is 0. The van der Waals surface area contributed by atoms with E-state index in [-0.39, 0.29) is 0 Å². The maximum Gasteiger partial charge on any atom is 0.0564 e. The Morgan fingerprint density at radius 2 is 2.00 bits per heavy atom. The molecule has 18 heavy (non-hydrogen) atoms. The van der Waals surface area contributed by atoms with Crippen LogP contribution in [-0.2, 0) is 4.74 Å². The highest BCUT2D eigenvalue weighted by Gasteiger charge is 2.30. The van der Waals surface area contributed by atoms with Crippen molar-refractivity contribution in [2.24, 2.45) is 11.8 Å². The minimum atomic E-state index is 0.841. The zero-order chi connectivity index (χ0) is 12.4. The van der Waals surface area contributed by atoms with Gasteiger partial charge < -0.3 is 9.64 Å². The van der Waals surface area contributed by atoms with Gasteiger partial charge in [-0.1, -0.05) is 0 Å². The first kappa shape index (κ1) is 12.4. The van der Waals surface area contributed by atoms with Crippen LogP contribution in [0, 0.1) is 11.8 Å². The zero-order valence-corrected chi connectivity index (χ0v) is 12.1. The number of hydrogen-bond acceptors (Lipinski definition) is 3. The minimum absolute atomic E-state index is 0.841. The van der Waals surface area contributed by atoms with Crippen LogP contribution in [0.3, 0.4) is 0 Å². The molecule has 0 spiro atoms. The van der Waals surface area contributed by atoms with Crippen molar-refractivity contribution in [2.75, 3.05) is 31.2 Å². The van der Waals surface area contributed by atoms with E-state index in [0.717, 1.165) is 29.5 Å². The number of hydrogen-bond donors (Lipinski definition) is 0. The van der Waals surface area contributed by atoms with Crippen molar-refractivity contribution < 1.29 is 4.74 Å². The number of rotatable bonds is 2. The molecule has 3 rings (SSSR count). The molecule has 0 N–H and O–H groups in total. The van der Waals surface area contributed by atoms with Crippen LogP contribution in [0.1, 0.15) is 19.3 Å². The van der Waals surface area contributed by atoms with Gasteiger partial charge in [-0.05, 0) is 53.1 Å². The Morgan fingerprint density at radius 3 is 2.78 bits per heavy atom. The molecule has 0 aromatic carbocycles. The lowest BCUT2D eigenvalue weighted by Crippen LogP contribution is -2.26. The molecule has 2 fully saturated rings. The van der Waals surface area contributed by atoms with Gasteiger partial charge in [-0.2, -0.15) is 0 Å². The molecule has 4 heteroatoms. The third kappa shape index (κ3) is 2.69. The second kappa shape index (κ2) is 5.57. The fourth-order valence-corrected chi connectivity index (χ4v) is 3.52. The zero-order valence-electron chi connectivity index (χ0n) is 10.5. The largest absolute Gasteiger partial charge is 0.381 e. The molecule has 0 radical (unpaired) electrons. The van der Waals surface area contributed by atoms with Crippen molar-refractivity contribution in [3.05, 3.63) is 22.9 Å². The number of pyridine rings is 1. The first-order chi connectivity index (χ1) is 8.83. The summed E-state index contributed by atoms with van der Waals surface area (Å²) in [5.41, 5.74) is 1.25. The molecular weight excluding hydrogens is 292 g/mol. The van der Waals surface area contributed by atoms with Gasteiger partial charge in [0.05, 0.1) is 11.9 Å². The van der Waals surface area contributed by atoms with E-state index in [4.69, 9.17) is 4.74 Å². The van der Waals surface area contributed by atoms with Crippen molar-refractivity contribution in [1.82, 2.24) is 4.98 Å². The molecule has 1 unspecified atom stereocenters. The quantitative estimate of drug-likeness (QED) is 0.839. The second-order valence-corrected chi connectivity index (χ2v) is 6.22. The van der Waals surface area contributed by atoms with Gasteiger partial charge >= 0.3 is 0 Å². The summed E-state index contributed by atoms with van der Waals surface area (Å²) in [5.74, 6) is 1.71. The monoisotopic (exact) mass is 310 g/mol. The Balaban J connectivity index is 1.64. The predicted octanol–water partition coefficient (Wildman–Crippen LogP) is 3.10. The fourth-order valence-electron chi connectivity index (χ4n) is 3.17. The van der Waals surface area contributed by atoms with Crippen LogP contribution in [-0.4, -0.2) is 31.3 Å². The lowest BCUT2D eigenvalue weighted by molar-refractivity contribution is 0.0500. The normalized spacial score (nSPS) is 25.6. The standard InChI is InChI=1S/C14H19BrN2O/c15-13-7-14(9-16-8-13)17-4-1-12(10-17)11-2-5-18-6-3-11/h7-9,11-12H,1-6,10H2. The average Bonchev–Trinajstić information content (AvgIpc) is 2.89. The van der Waals surface area contributed by atoms with E-state index in [9.17, 15) is 0 Å². The Bertz CT molecular complexity index is 407. The number of anilines is 1. The van der Waals surface area contributed by atoms with Crippen LogP contribution in [0.25, 0.3) is 0 Å². The molecule has 1 aromatic heterocycles. The van der Waals surface area contributed by atoms with Gasteiger partial charge in [0.1, 0.15) is 0 Å². The molecule has 98 valence electrons. The lowest BCUT2D eigenvalue weighted by atomic mass is 9.85. The van der Waals surface area contributed by atoms with E-state index in [1.165, 1.54) is 38.0 Å². The van der Waals surface area contributed by atoms with Crippen molar-refractivity contribution in [3.63, 3.8) is 0 Å². The topological polar surface area (TPSA) is 25.4 Å². The number of aromatic nitrogens is 1. The van der Waals surface area contributed by atoms with Crippen molar-refractivity contribution in [2.45, 2.75) is 19.3 Å². The Kier molecular flexibility index (Phi) is 3.85. The maximum atomic E-state index is 5.46. The van der Waals surface area contributed by atoms with Gasteiger partial charge in [-0.3, -0.25) is 4.98 Å². The minimum Gasteiger partial charge on any atom is -0.381 e. The van der Waals surface area contributed by atoms with E-state index < -0.39 is 0 Å². The van der Waals surface area contributed by atoms with E-state index >= 15 is 0 Å². The molecular formula is C14H19BrN2O. The second-order valence-electron chi connectivity index (χ2n) is 5.31. The van der Waals surface area contributed by atoms with Crippen LogP contribution in [0.2, 0.25) is 0 Å². The Morgan fingerprint density at radius 1 is 1.17 bits per heavy atom. The van der Waals surface area contributed by atoms with Gasteiger partial charge in [0.25, 0.3) is 0 Å². The Labute approximate surface area is 117 Å². The van der Waals surface area contributed by atoms with Gasteiger partial charge in [0.2, 0.25) is 0 Å². The third-order valence-corrected chi connectivity index (χ3v) is 4.65. The Hall–Kier alpha value is -0.610. The van der Waals surface area contributed by atoms with E-state index in [1.807, 2.05) is 12.4 Å². The van der Waals surface area contributed by atoms with Gasteiger partial charge in [0.15, 0.2) is 0 Å². The molecule has 1 atom stereocenters. The SMILES string of the molecule is Brc1cncc(N2CCC(C3CCOCC3)C2)c1.